The summed E-state index contributed by atoms with van der Waals surface area (Å²) in [6.07, 6.45) is 1.74. The van der Waals surface area contributed by atoms with Gasteiger partial charge in [-0.1, -0.05) is 72.4 Å². The van der Waals surface area contributed by atoms with Crippen LogP contribution in [0.3, 0.4) is 0 Å². The topological polar surface area (TPSA) is 89.8 Å². The monoisotopic (exact) mass is 429 g/mol. The summed E-state index contributed by atoms with van der Waals surface area (Å²) in [6, 6.07) is 22.8. The smallest absolute Gasteiger partial charge is 0.274 e. The van der Waals surface area contributed by atoms with Crippen LogP contribution in [0.15, 0.2) is 84.1 Å². The van der Waals surface area contributed by atoms with Gasteiger partial charge in [-0.2, -0.15) is 0 Å². The summed E-state index contributed by atoms with van der Waals surface area (Å²) in [7, 11) is 1.74. The van der Waals surface area contributed by atoms with Gasteiger partial charge in [-0.15, -0.1) is 10.2 Å². The molecule has 0 radical (unpaired) electrons. The maximum absolute atomic E-state index is 12.2. The number of nitrogens with zero attached hydrogens (tertiary/aromatic N) is 4. The fraction of sp³-hybridized carbons (Fsp3) is 0.0870. The van der Waals surface area contributed by atoms with Gasteiger partial charge in [0, 0.05) is 24.4 Å². The van der Waals surface area contributed by atoms with E-state index in [9.17, 15) is 9.59 Å². The predicted octanol–water partition coefficient (Wildman–Crippen LogP) is 3.59. The number of thioether (sulfide) groups is 1. The maximum Gasteiger partial charge on any atom is 0.274 e. The predicted molar refractivity (Wildman–Crippen MR) is 119 cm³/mol. The lowest BCUT2D eigenvalue weighted by Gasteiger charge is -2.09. The van der Waals surface area contributed by atoms with E-state index in [0.717, 1.165) is 22.9 Å². The molecule has 2 heterocycles. The number of amides is 2. The van der Waals surface area contributed by atoms with E-state index in [2.05, 4.69) is 20.5 Å². The molecule has 0 saturated carbocycles. The molecule has 0 fully saturated rings. The molecule has 0 bridgehead atoms. The van der Waals surface area contributed by atoms with Crippen LogP contribution in [0.4, 0.5) is 0 Å². The van der Waals surface area contributed by atoms with Crippen LogP contribution < -0.4 is 5.32 Å². The molecule has 2 amide bonds. The number of imide groups is 1. The van der Waals surface area contributed by atoms with Gasteiger partial charge in [-0.05, 0) is 12.1 Å². The average Bonchev–Trinajstić information content (AvgIpc) is 3.25. The van der Waals surface area contributed by atoms with Gasteiger partial charge < -0.3 is 4.57 Å². The Morgan fingerprint density at radius 1 is 0.871 bits per heavy atom. The van der Waals surface area contributed by atoms with E-state index in [4.69, 9.17) is 0 Å². The SMILES string of the molecule is Cn1cccc1C(=O)NC(=O)CSc1nnc(-c2ccccc2)c(-c2ccccc2)n1. The van der Waals surface area contributed by atoms with Gasteiger partial charge in [-0.25, -0.2) is 4.98 Å². The first-order valence-electron chi connectivity index (χ1n) is 9.55. The van der Waals surface area contributed by atoms with E-state index in [1.54, 1.807) is 29.9 Å². The highest BCUT2D eigenvalue weighted by Crippen LogP contribution is 2.29. The number of aryl methyl sites for hydroxylation is 1. The van der Waals surface area contributed by atoms with Crippen LogP contribution >= 0.6 is 11.8 Å². The molecular formula is C23H19N5O2S. The molecular weight excluding hydrogens is 410 g/mol. The van der Waals surface area contributed by atoms with Crippen molar-refractivity contribution in [1.29, 1.82) is 0 Å². The Balaban J connectivity index is 1.52. The van der Waals surface area contributed by atoms with Crippen LogP contribution in [0.1, 0.15) is 10.5 Å². The molecule has 4 aromatic rings. The number of nitrogens with one attached hydrogen (secondary N) is 1. The molecule has 0 atom stereocenters. The molecule has 4 rings (SSSR count). The minimum Gasteiger partial charge on any atom is -0.347 e. The van der Waals surface area contributed by atoms with Crippen LogP contribution in [-0.2, 0) is 11.8 Å². The van der Waals surface area contributed by atoms with Crippen LogP contribution in [0.5, 0.6) is 0 Å². The fourth-order valence-electron chi connectivity index (χ4n) is 3.01. The lowest BCUT2D eigenvalue weighted by Crippen LogP contribution is -2.33. The highest BCUT2D eigenvalue weighted by molar-refractivity contribution is 7.99. The molecule has 0 saturated heterocycles. The van der Waals surface area contributed by atoms with E-state index in [1.807, 2.05) is 60.7 Å². The molecule has 2 aromatic heterocycles. The number of carbonyl (C=O) groups excluding carboxylic acids is 2. The third-order valence-electron chi connectivity index (χ3n) is 4.52. The van der Waals surface area contributed by atoms with Crippen molar-refractivity contribution in [2.75, 3.05) is 5.75 Å². The zero-order valence-electron chi connectivity index (χ0n) is 16.7. The molecule has 7 nitrogen and oxygen atoms in total. The van der Waals surface area contributed by atoms with E-state index in [-0.39, 0.29) is 5.75 Å². The highest BCUT2D eigenvalue weighted by Gasteiger charge is 2.16. The molecule has 1 N–H and O–H groups in total. The first kappa shape index (κ1) is 20.5. The van der Waals surface area contributed by atoms with Gasteiger partial charge in [0.2, 0.25) is 11.1 Å². The Morgan fingerprint density at radius 3 is 2.13 bits per heavy atom. The molecule has 154 valence electrons. The molecule has 8 heteroatoms. The minimum atomic E-state index is -0.443. The second-order valence-electron chi connectivity index (χ2n) is 6.69. The molecule has 0 aliphatic carbocycles. The third kappa shape index (κ3) is 4.87. The van der Waals surface area contributed by atoms with E-state index in [1.165, 1.54) is 0 Å². The second kappa shape index (κ2) is 9.36. The largest absolute Gasteiger partial charge is 0.347 e. The van der Waals surface area contributed by atoms with Crippen molar-refractivity contribution in [1.82, 2.24) is 25.1 Å². The zero-order valence-corrected chi connectivity index (χ0v) is 17.5. The third-order valence-corrected chi connectivity index (χ3v) is 5.36. The van der Waals surface area contributed by atoms with Gasteiger partial charge in [0.15, 0.2) is 0 Å². The Kier molecular flexibility index (Phi) is 6.18. The number of hydrogen-bond donors (Lipinski definition) is 1. The summed E-state index contributed by atoms with van der Waals surface area (Å²) in [5.74, 6) is -0.869. The first-order chi connectivity index (χ1) is 15.1. The number of hydrogen-bond acceptors (Lipinski definition) is 6. The van der Waals surface area contributed by atoms with Crippen LogP contribution in [0.2, 0.25) is 0 Å². The summed E-state index contributed by atoms with van der Waals surface area (Å²) in [6.45, 7) is 0. The van der Waals surface area contributed by atoms with Gasteiger partial charge in [-0.3, -0.25) is 14.9 Å². The van der Waals surface area contributed by atoms with Gasteiger partial charge in [0.25, 0.3) is 5.91 Å². The Labute approximate surface area is 183 Å². The van der Waals surface area contributed by atoms with Gasteiger partial charge in [0.05, 0.1) is 5.75 Å². The molecule has 0 unspecified atom stereocenters. The summed E-state index contributed by atoms with van der Waals surface area (Å²) in [5.41, 5.74) is 3.57. The Morgan fingerprint density at radius 2 is 1.52 bits per heavy atom. The van der Waals surface area contributed by atoms with Crippen molar-refractivity contribution in [2.45, 2.75) is 5.16 Å². The van der Waals surface area contributed by atoms with Crippen LogP contribution in [-0.4, -0.2) is 37.3 Å². The van der Waals surface area contributed by atoms with Crippen molar-refractivity contribution in [2.24, 2.45) is 7.05 Å². The molecule has 0 aliphatic rings. The average molecular weight is 430 g/mol. The standard InChI is InChI=1S/C23H19N5O2S/c1-28-14-8-13-18(28)22(30)24-19(29)15-31-23-25-20(16-9-4-2-5-10-16)21(26-27-23)17-11-6-3-7-12-17/h2-14H,15H2,1H3,(H,24,29,30). The van der Waals surface area contributed by atoms with Crippen molar-refractivity contribution < 1.29 is 9.59 Å². The highest BCUT2D eigenvalue weighted by atomic mass is 32.2. The van der Waals surface area contributed by atoms with Crippen molar-refractivity contribution >= 4 is 23.6 Å². The maximum atomic E-state index is 12.2. The van der Waals surface area contributed by atoms with Gasteiger partial charge >= 0.3 is 0 Å². The number of rotatable bonds is 6. The number of aromatic nitrogens is 4. The van der Waals surface area contributed by atoms with Crippen LogP contribution in [0.25, 0.3) is 22.5 Å². The van der Waals surface area contributed by atoms with Gasteiger partial charge in [0.1, 0.15) is 17.1 Å². The van der Waals surface area contributed by atoms with E-state index < -0.39 is 11.8 Å². The normalized spacial score (nSPS) is 10.6. The molecule has 0 spiro atoms. The minimum absolute atomic E-state index is 0.00322. The zero-order chi connectivity index (χ0) is 21.6. The summed E-state index contributed by atoms with van der Waals surface area (Å²) < 4.78 is 1.65. The molecule has 31 heavy (non-hydrogen) atoms. The van der Waals surface area contributed by atoms with E-state index >= 15 is 0 Å². The quantitative estimate of drug-likeness (QED) is 0.471. The number of carbonyl (C=O) groups is 2. The van der Waals surface area contributed by atoms with Crippen molar-refractivity contribution in [3.63, 3.8) is 0 Å². The number of benzene rings is 2. The van der Waals surface area contributed by atoms with Crippen LogP contribution in [0, 0.1) is 0 Å². The Hall–Kier alpha value is -3.78. The van der Waals surface area contributed by atoms with E-state index in [0.29, 0.717) is 22.2 Å². The van der Waals surface area contributed by atoms with Crippen molar-refractivity contribution in [3.8, 4) is 22.5 Å². The summed E-state index contributed by atoms with van der Waals surface area (Å²) >= 11 is 1.13. The molecule has 2 aromatic carbocycles. The lowest BCUT2D eigenvalue weighted by molar-refractivity contribution is -0.117. The first-order valence-corrected chi connectivity index (χ1v) is 10.5. The molecule has 0 aliphatic heterocycles. The lowest BCUT2D eigenvalue weighted by atomic mass is 10.0. The second-order valence-corrected chi connectivity index (χ2v) is 7.64. The van der Waals surface area contributed by atoms with Crippen molar-refractivity contribution in [3.05, 3.63) is 84.7 Å². The summed E-state index contributed by atoms with van der Waals surface area (Å²) in [5, 5.41) is 11.3. The summed E-state index contributed by atoms with van der Waals surface area (Å²) in [4.78, 5) is 29.1. The Bertz CT molecular complexity index is 1210. The fourth-order valence-corrected chi connectivity index (χ4v) is 3.60.